The number of hydrogen-bond donors (Lipinski definition) is 2. The maximum Gasteiger partial charge on any atom is 0.258 e. The number of rotatable bonds is 6. The standard InChI is InChI=1S/C14H17N3O3S/c1-20-13-5-2-11(3-6-13)8-9-17-21(18,19)14-7-4-12(15)10-16-14/h2-7,10,17H,8-9,15H2,1H3. The zero-order chi connectivity index (χ0) is 15.3. The summed E-state index contributed by atoms with van der Waals surface area (Å²) < 4.78 is 31.6. The highest BCUT2D eigenvalue weighted by atomic mass is 32.2. The van der Waals surface area contributed by atoms with Crippen molar-refractivity contribution in [3.8, 4) is 5.75 Å². The van der Waals surface area contributed by atoms with Gasteiger partial charge in [-0.15, -0.1) is 0 Å². The van der Waals surface area contributed by atoms with Gasteiger partial charge in [0.15, 0.2) is 5.03 Å². The molecular weight excluding hydrogens is 290 g/mol. The Morgan fingerprint density at radius 3 is 2.48 bits per heavy atom. The Balaban J connectivity index is 1.93. The van der Waals surface area contributed by atoms with Crippen molar-refractivity contribution in [1.29, 1.82) is 0 Å². The van der Waals surface area contributed by atoms with Gasteiger partial charge in [-0.2, -0.15) is 0 Å². The lowest BCUT2D eigenvalue weighted by Gasteiger charge is -2.07. The molecule has 0 atom stereocenters. The first-order valence-corrected chi connectivity index (χ1v) is 7.84. The van der Waals surface area contributed by atoms with Gasteiger partial charge in [0, 0.05) is 6.54 Å². The Bertz CT molecular complexity index is 682. The fourth-order valence-electron chi connectivity index (χ4n) is 1.75. The highest BCUT2D eigenvalue weighted by molar-refractivity contribution is 7.89. The topological polar surface area (TPSA) is 94.3 Å². The van der Waals surface area contributed by atoms with Gasteiger partial charge in [0.1, 0.15) is 5.75 Å². The van der Waals surface area contributed by atoms with Crippen molar-refractivity contribution >= 4 is 15.7 Å². The molecule has 21 heavy (non-hydrogen) atoms. The third-order valence-electron chi connectivity index (χ3n) is 2.90. The Hall–Kier alpha value is -2.12. The van der Waals surface area contributed by atoms with Gasteiger partial charge in [0.2, 0.25) is 0 Å². The highest BCUT2D eigenvalue weighted by Gasteiger charge is 2.14. The Labute approximate surface area is 124 Å². The molecule has 0 bridgehead atoms. The molecule has 0 aliphatic rings. The number of nitrogens with zero attached hydrogens (tertiary/aromatic N) is 1. The molecule has 3 N–H and O–H groups in total. The van der Waals surface area contributed by atoms with Crippen LogP contribution in [0, 0.1) is 0 Å². The summed E-state index contributed by atoms with van der Waals surface area (Å²) in [6.45, 7) is 0.292. The molecule has 1 aromatic heterocycles. The fourth-order valence-corrected chi connectivity index (χ4v) is 2.70. The summed E-state index contributed by atoms with van der Waals surface area (Å²) in [7, 11) is -2.00. The maximum atomic E-state index is 12.0. The van der Waals surface area contributed by atoms with E-state index in [0.717, 1.165) is 11.3 Å². The van der Waals surface area contributed by atoms with Gasteiger partial charge in [-0.1, -0.05) is 12.1 Å². The van der Waals surface area contributed by atoms with Crippen LogP contribution in [0.15, 0.2) is 47.6 Å². The largest absolute Gasteiger partial charge is 0.497 e. The van der Waals surface area contributed by atoms with Crippen LogP contribution < -0.4 is 15.2 Å². The van der Waals surface area contributed by atoms with E-state index in [1.807, 2.05) is 24.3 Å². The molecule has 0 fully saturated rings. The number of sulfonamides is 1. The fraction of sp³-hybridized carbons (Fsp3) is 0.214. The van der Waals surface area contributed by atoms with Gasteiger partial charge < -0.3 is 10.5 Å². The summed E-state index contributed by atoms with van der Waals surface area (Å²) >= 11 is 0. The number of anilines is 1. The summed E-state index contributed by atoms with van der Waals surface area (Å²) in [5.41, 5.74) is 6.92. The first kappa shape index (κ1) is 15.3. The van der Waals surface area contributed by atoms with Gasteiger partial charge in [-0.05, 0) is 36.2 Å². The molecule has 0 saturated carbocycles. The summed E-state index contributed by atoms with van der Waals surface area (Å²) in [6.07, 6.45) is 1.90. The number of ether oxygens (including phenoxy) is 1. The summed E-state index contributed by atoms with van der Waals surface area (Å²) in [5.74, 6) is 0.769. The number of benzene rings is 1. The molecule has 2 aromatic rings. The molecule has 1 aromatic carbocycles. The molecule has 6 nitrogen and oxygen atoms in total. The Kier molecular flexibility index (Phi) is 4.77. The molecule has 7 heteroatoms. The van der Waals surface area contributed by atoms with E-state index in [-0.39, 0.29) is 5.03 Å². The number of nitrogen functional groups attached to an aromatic ring is 1. The predicted octanol–water partition coefficient (Wildman–Crippen LogP) is 1.19. The molecule has 0 spiro atoms. The van der Waals surface area contributed by atoms with Crippen LogP contribution in [-0.4, -0.2) is 27.1 Å². The van der Waals surface area contributed by atoms with E-state index in [1.54, 1.807) is 7.11 Å². The zero-order valence-electron chi connectivity index (χ0n) is 11.6. The van der Waals surface area contributed by atoms with E-state index in [0.29, 0.717) is 18.7 Å². The van der Waals surface area contributed by atoms with E-state index in [1.165, 1.54) is 18.3 Å². The van der Waals surface area contributed by atoms with Gasteiger partial charge in [0.25, 0.3) is 10.0 Å². The van der Waals surface area contributed by atoms with E-state index in [4.69, 9.17) is 10.5 Å². The van der Waals surface area contributed by atoms with Gasteiger partial charge >= 0.3 is 0 Å². The summed E-state index contributed by atoms with van der Waals surface area (Å²) in [6, 6.07) is 10.4. The van der Waals surface area contributed by atoms with Crippen LogP contribution >= 0.6 is 0 Å². The van der Waals surface area contributed by atoms with Gasteiger partial charge in [0.05, 0.1) is 19.0 Å². The van der Waals surface area contributed by atoms with E-state index in [9.17, 15) is 8.42 Å². The SMILES string of the molecule is COc1ccc(CCNS(=O)(=O)c2ccc(N)cn2)cc1. The number of pyridine rings is 1. The first-order chi connectivity index (χ1) is 10.0. The summed E-state index contributed by atoms with van der Waals surface area (Å²) in [5, 5.41) is -0.0357. The Morgan fingerprint density at radius 2 is 1.90 bits per heavy atom. The maximum absolute atomic E-state index is 12.0. The molecule has 0 amide bonds. The van der Waals surface area contributed by atoms with Crippen molar-refractivity contribution in [2.24, 2.45) is 0 Å². The summed E-state index contributed by atoms with van der Waals surface area (Å²) in [4.78, 5) is 3.81. The number of nitrogens with two attached hydrogens (primary N) is 1. The van der Waals surface area contributed by atoms with E-state index >= 15 is 0 Å². The van der Waals surface area contributed by atoms with Crippen molar-refractivity contribution in [3.63, 3.8) is 0 Å². The van der Waals surface area contributed by atoms with Crippen LogP contribution in [0.4, 0.5) is 5.69 Å². The van der Waals surface area contributed by atoms with Crippen LogP contribution in [0.1, 0.15) is 5.56 Å². The second-order valence-electron chi connectivity index (χ2n) is 4.43. The number of hydrogen-bond acceptors (Lipinski definition) is 5. The van der Waals surface area contributed by atoms with Crippen molar-refractivity contribution in [2.75, 3.05) is 19.4 Å². The molecule has 0 unspecified atom stereocenters. The van der Waals surface area contributed by atoms with Gasteiger partial charge in [-0.25, -0.2) is 18.1 Å². The third-order valence-corrected chi connectivity index (χ3v) is 4.28. The van der Waals surface area contributed by atoms with E-state index < -0.39 is 10.0 Å². The third kappa shape index (κ3) is 4.17. The lowest BCUT2D eigenvalue weighted by Crippen LogP contribution is -2.26. The number of nitrogens with one attached hydrogen (secondary N) is 1. The zero-order valence-corrected chi connectivity index (χ0v) is 12.4. The second kappa shape index (κ2) is 6.55. The molecule has 2 rings (SSSR count). The second-order valence-corrected chi connectivity index (χ2v) is 6.14. The lowest BCUT2D eigenvalue weighted by atomic mass is 10.1. The first-order valence-electron chi connectivity index (χ1n) is 6.35. The monoisotopic (exact) mass is 307 g/mol. The average molecular weight is 307 g/mol. The predicted molar refractivity (Wildman–Crippen MR) is 80.5 cm³/mol. The van der Waals surface area contributed by atoms with Crippen LogP contribution in [0.3, 0.4) is 0 Å². The molecule has 1 heterocycles. The molecule has 0 saturated heterocycles. The molecule has 0 radical (unpaired) electrons. The molecular formula is C14H17N3O3S. The van der Waals surface area contributed by atoms with Crippen LogP contribution in [0.2, 0.25) is 0 Å². The molecule has 0 aliphatic carbocycles. The van der Waals surface area contributed by atoms with Crippen molar-refractivity contribution in [1.82, 2.24) is 9.71 Å². The smallest absolute Gasteiger partial charge is 0.258 e. The van der Waals surface area contributed by atoms with Crippen LogP contribution in [0.25, 0.3) is 0 Å². The average Bonchev–Trinajstić information content (AvgIpc) is 2.48. The number of methoxy groups -OCH3 is 1. The highest BCUT2D eigenvalue weighted by Crippen LogP contribution is 2.12. The quantitative estimate of drug-likeness (QED) is 0.836. The van der Waals surface area contributed by atoms with E-state index in [2.05, 4.69) is 9.71 Å². The minimum Gasteiger partial charge on any atom is -0.497 e. The minimum atomic E-state index is -3.60. The molecule has 0 aliphatic heterocycles. The van der Waals surface area contributed by atoms with Crippen molar-refractivity contribution < 1.29 is 13.2 Å². The van der Waals surface area contributed by atoms with Crippen molar-refractivity contribution in [3.05, 3.63) is 48.2 Å². The van der Waals surface area contributed by atoms with Gasteiger partial charge in [-0.3, -0.25) is 0 Å². The van der Waals surface area contributed by atoms with Crippen LogP contribution in [0.5, 0.6) is 5.75 Å². The normalized spacial score (nSPS) is 11.3. The van der Waals surface area contributed by atoms with Crippen LogP contribution in [-0.2, 0) is 16.4 Å². The lowest BCUT2D eigenvalue weighted by molar-refractivity contribution is 0.414. The Morgan fingerprint density at radius 1 is 1.19 bits per heavy atom. The van der Waals surface area contributed by atoms with Crippen molar-refractivity contribution in [2.45, 2.75) is 11.4 Å². The number of aromatic nitrogens is 1. The molecule has 112 valence electrons. The minimum absolute atomic E-state index is 0.0357.